The van der Waals surface area contributed by atoms with Crippen molar-refractivity contribution in [2.45, 2.75) is 6.54 Å². The van der Waals surface area contributed by atoms with Crippen molar-refractivity contribution >= 4 is 0 Å². The molecule has 0 bridgehead atoms. The standard InChI is InChI=1S/C12H16N4/c13-5-6-14-9-11-1-3-12(4-2-11)16-8-7-15-10-16/h1-4,7-8,10,14H,5-6,9,13H2. The van der Waals surface area contributed by atoms with Gasteiger partial charge in [0.1, 0.15) is 0 Å². The quantitative estimate of drug-likeness (QED) is 0.731. The molecule has 4 nitrogen and oxygen atoms in total. The van der Waals surface area contributed by atoms with Gasteiger partial charge in [-0.25, -0.2) is 4.98 Å². The van der Waals surface area contributed by atoms with Crippen LogP contribution in [0.4, 0.5) is 0 Å². The van der Waals surface area contributed by atoms with Crippen LogP contribution in [0.15, 0.2) is 43.0 Å². The molecular formula is C12H16N4. The highest BCUT2D eigenvalue weighted by atomic mass is 15.0. The SMILES string of the molecule is NCCNCc1ccc(-n2ccnc2)cc1. The maximum Gasteiger partial charge on any atom is 0.0991 e. The highest BCUT2D eigenvalue weighted by Crippen LogP contribution is 2.08. The minimum Gasteiger partial charge on any atom is -0.329 e. The van der Waals surface area contributed by atoms with Gasteiger partial charge in [-0.15, -0.1) is 0 Å². The molecule has 16 heavy (non-hydrogen) atoms. The zero-order valence-electron chi connectivity index (χ0n) is 9.13. The van der Waals surface area contributed by atoms with Gasteiger partial charge in [0.2, 0.25) is 0 Å². The summed E-state index contributed by atoms with van der Waals surface area (Å²) in [5.41, 5.74) is 7.79. The number of hydrogen-bond acceptors (Lipinski definition) is 3. The van der Waals surface area contributed by atoms with Crippen molar-refractivity contribution in [2.75, 3.05) is 13.1 Å². The first-order chi connectivity index (χ1) is 7.90. The molecule has 0 spiro atoms. The van der Waals surface area contributed by atoms with Crippen LogP contribution in [0.1, 0.15) is 5.56 Å². The Bertz CT molecular complexity index is 405. The average molecular weight is 216 g/mol. The average Bonchev–Trinajstić information content (AvgIpc) is 2.84. The van der Waals surface area contributed by atoms with Crippen molar-refractivity contribution < 1.29 is 0 Å². The van der Waals surface area contributed by atoms with Gasteiger partial charge in [0.05, 0.1) is 6.33 Å². The van der Waals surface area contributed by atoms with Crippen LogP contribution in [0.3, 0.4) is 0 Å². The van der Waals surface area contributed by atoms with Crippen LogP contribution in [0.5, 0.6) is 0 Å². The Morgan fingerprint density at radius 2 is 2.06 bits per heavy atom. The number of nitrogens with two attached hydrogens (primary N) is 1. The van der Waals surface area contributed by atoms with Crippen molar-refractivity contribution in [3.63, 3.8) is 0 Å². The summed E-state index contributed by atoms with van der Waals surface area (Å²) in [4.78, 5) is 4.02. The van der Waals surface area contributed by atoms with E-state index in [1.165, 1.54) is 5.56 Å². The lowest BCUT2D eigenvalue weighted by Gasteiger charge is -2.05. The molecule has 2 aromatic rings. The summed E-state index contributed by atoms with van der Waals surface area (Å²) in [5, 5.41) is 3.26. The van der Waals surface area contributed by atoms with E-state index in [1.807, 2.05) is 10.8 Å². The summed E-state index contributed by atoms with van der Waals surface area (Å²) < 4.78 is 1.98. The summed E-state index contributed by atoms with van der Waals surface area (Å²) >= 11 is 0. The second kappa shape index (κ2) is 5.44. The number of rotatable bonds is 5. The zero-order chi connectivity index (χ0) is 11.2. The van der Waals surface area contributed by atoms with Crippen LogP contribution in [0.25, 0.3) is 5.69 Å². The van der Waals surface area contributed by atoms with Crippen LogP contribution in [-0.4, -0.2) is 22.6 Å². The van der Waals surface area contributed by atoms with E-state index in [2.05, 4.69) is 34.6 Å². The molecule has 1 aromatic carbocycles. The number of aromatic nitrogens is 2. The van der Waals surface area contributed by atoms with Crippen LogP contribution in [0.2, 0.25) is 0 Å². The molecule has 3 N–H and O–H groups in total. The predicted molar refractivity (Wildman–Crippen MR) is 64.3 cm³/mol. The van der Waals surface area contributed by atoms with E-state index in [1.54, 1.807) is 12.5 Å². The molecule has 4 heteroatoms. The highest BCUT2D eigenvalue weighted by molar-refractivity contribution is 5.34. The Morgan fingerprint density at radius 3 is 2.69 bits per heavy atom. The van der Waals surface area contributed by atoms with Crippen molar-refractivity contribution in [3.05, 3.63) is 48.5 Å². The summed E-state index contributed by atoms with van der Waals surface area (Å²) in [6, 6.07) is 8.39. The van der Waals surface area contributed by atoms with E-state index in [4.69, 9.17) is 5.73 Å². The third kappa shape index (κ3) is 2.68. The maximum absolute atomic E-state index is 5.41. The number of nitrogens with one attached hydrogen (secondary N) is 1. The molecule has 0 radical (unpaired) electrons. The first-order valence-corrected chi connectivity index (χ1v) is 5.38. The molecule has 0 atom stereocenters. The molecule has 0 aliphatic carbocycles. The summed E-state index contributed by atoms with van der Waals surface area (Å²) in [6.45, 7) is 2.39. The molecule has 0 saturated heterocycles. The van der Waals surface area contributed by atoms with Gasteiger partial charge in [-0.3, -0.25) is 0 Å². The van der Waals surface area contributed by atoms with Gasteiger partial charge in [0.15, 0.2) is 0 Å². The Kier molecular flexibility index (Phi) is 3.69. The number of hydrogen-bond donors (Lipinski definition) is 2. The van der Waals surface area contributed by atoms with Gasteiger partial charge in [-0.05, 0) is 17.7 Å². The Morgan fingerprint density at radius 1 is 1.25 bits per heavy atom. The summed E-state index contributed by atoms with van der Waals surface area (Å²) in [5.74, 6) is 0. The topological polar surface area (TPSA) is 55.9 Å². The molecule has 0 saturated carbocycles. The molecule has 1 aromatic heterocycles. The van der Waals surface area contributed by atoms with E-state index in [0.717, 1.165) is 18.8 Å². The summed E-state index contributed by atoms with van der Waals surface area (Å²) in [6.07, 6.45) is 5.50. The molecule has 2 rings (SSSR count). The minimum absolute atomic E-state index is 0.674. The monoisotopic (exact) mass is 216 g/mol. The van der Waals surface area contributed by atoms with E-state index in [-0.39, 0.29) is 0 Å². The lowest BCUT2D eigenvalue weighted by Crippen LogP contribution is -2.21. The number of benzene rings is 1. The fraction of sp³-hybridized carbons (Fsp3) is 0.250. The van der Waals surface area contributed by atoms with Crippen molar-refractivity contribution in [1.82, 2.24) is 14.9 Å². The normalized spacial score (nSPS) is 10.6. The van der Waals surface area contributed by atoms with Gasteiger partial charge in [-0.1, -0.05) is 12.1 Å². The van der Waals surface area contributed by atoms with Gasteiger partial charge < -0.3 is 15.6 Å². The molecule has 0 aliphatic rings. The highest BCUT2D eigenvalue weighted by Gasteiger charge is 1.96. The van der Waals surface area contributed by atoms with E-state index < -0.39 is 0 Å². The molecule has 84 valence electrons. The smallest absolute Gasteiger partial charge is 0.0991 e. The second-order valence-electron chi connectivity index (χ2n) is 3.60. The first-order valence-electron chi connectivity index (χ1n) is 5.38. The van der Waals surface area contributed by atoms with Crippen LogP contribution < -0.4 is 11.1 Å². The maximum atomic E-state index is 5.41. The Labute approximate surface area is 95.1 Å². The van der Waals surface area contributed by atoms with Crippen molar-refractivity contribution in [1.29, 1.82) is 0 Å². The second-order valence-corrected chi connectivity index (χ2v) is 3.60. The molecular weight excluding hydrogens is 200 g/mol. The fourth-order valence-corrected chi connectivity index (χ4v) is 1.53. The van der Waals surface area contributed by atoms with Gasteiger partial charge in [-0.2, -0.15) is 0 Å². The molecule has 0 fully saturated rings. The molecule has 1 heterocycles. The third-order valence-corrected chi connectivity index (χ3v) is 2.39. The van der Waals surface area contributed by atoms with Gasteiger partial charge in [0, 0.05) is 37.7 Å². The Balaban J connectivity index is 2.00. The van der Waals surface area contributed by atoms with Crippen LogP contribution in [-0.2, 0) is 6.54 Å². The van der Waals surface area contributed by atoms with E-state index in [0.29, 0.717) is 6.54 Å². The molecule has 0 amide bonds. The lowest BCUT2D eigenvalue weighted by atomic mass is 10.2. The number of nitrogens with zero attached hydrogens (tertiary/aromatic N) is 2. The number of imidazole rings is 1. The van der Waals surface area contributed by atoms with Crippen LogP contribution in [0, 0.1) is 0 Å². The van der Waals surface area contributed by atoms with Crippen LogP contribution >= 0.6 is 0 Å². The molecule has 0 aliphatic heterocycles. The largest absolute Gasteiger partial charge is 0.329 e. The minimum atomic E-state index is 0.674. The van der Waals surface area contributed by atoms with E-state index in [9.17, 15) is 0 Å². The Hall–Kier alpha value is -1.65. The molecule has 0 unspecified atom stereocenters. The van der Waals surface area contributed by atoms with Gasteiger partial charge >= 0.3 is 0 Å². The first kappa shape index (κ1) is 10.9. The zero-order valence-corrected chi connectivity index (χ0v) is 9.13. The van der Waals surface area contributed by atoms with Crippen molar-refractivity contribution in [2.24, 2.45) is 5.73 Å². The van der Waals surface area contributed by atoms with Crippen molar-refractivity contribution in [3.8, 4) is 5.69 Å². The predicted octanol–water partition coefficient (Wildman–Crippen LogP) is 0.921. The summed E-state index contributed by atoms with van der Waals surface area (Å²) in [7, 11) is 0. The lowest BCUT2D eigenvalue weighted by molar-refractivity contribution is 0.695. The third-order valence-electron chi connectivity index (χ3n) is 2.39. The fourth-order valence-electron chi connectivity index (χ4n) is 1.53. The van der Waals surface area contributed by atoms with E-state index >= 15 is 0 Å². The van der Waals surface area contributed by atoms with Gasteiger partial charge in [0.25, 0.3) is 0 Å².